The van der Waals surface area contributed by atoms with Gasteiger partial charge in [-0.15, -0.1) is 0 Å². The third kappa shape index (κ3) is 4.89. The van der Waals surface area contributed by atoms with Crippen molar-refractivity contribution in [3.8, 4) is 11.3 Å². The Morgan fingerprint density at radius 2 is 2.06 bits per heavy atom. The lowest BCUT2D eigenvalue weighted by Crippen LogP contribution is -2.23. The first-order valence-corrected chi connectivity index (χ1v) is 11.4. The molecule has 4 rings (SSSR count). The van der Waals surface area contributed by atoms with Crippen molar-refractivity contribution in [2.24, 2.45) is 5.92 Å². The van der Waals surface area contributed by atoms with E-state index in [0.717, 1.165) is 40.1 Å². The van der Waals surface area contributed by atoms with Gasteiger partial charge in [0.25, 0.3) is 0 Å². The van der Waals surface area contributed by atoms with Gasteiger partial charge in [-0.25, -0.2) is 4.98 Å². The number of nitrogens with zero attached hydrogens (tertiary/aromatic N) is 1. The molecule has 0 bridgehead atoms. The van der Waals surface area contributed by atoms with Gasteiger partial charge in [0.05, 0.1) is 12.3 Å². The maximum atomic E-state index is 13.2. The van der Waals surface area contributed by atoms with Crippen molar-refractivity contribution in [1.82, 2.24) is 9.97 Å². The predicted octanol–water partition coefficient (Wildman–Crippen LogP) is 4.67. The van der Waals surface area contributed by atoms with Crippen LogP contribution < -0.4 is 5.32 Å². The number of rotatable bonds is 7. The number of hydrogen-bond donors (Lipinski definition) is 2. The monoisotopic (exact) mass is 435 g/mol. The fourth-order valence-electron chi connectivity index (χ4n) is 4.15. The molecular weight excluding hydrogens is 410 g/mol. The Labute approximate surface area is 186 Å². The zero-order valence-corrected chi connectivity index (χ0v) is 18.4. The summed E-state index contributed by atoms with van der Waals surface area (Å²) in [5.74, 6) is 0.629. The van der Waals surface area contributed by atoms with Gasteiger partial charge in [0.1, 0.15) is 5.82 Å². The molecule has 0 radical (unpaired) electrons. The molecule has 1 aliphatic carbocycles. The normalized spacial score (nSPS) is 15.5. The van der Waals surface area contributed by atoms with Crippen LogP contribution in [0.15, 0.2) is 48.7 Å². The number of carbonyl (C=O) groups is 2. The van der Waals surface area contributed by atoms with E-state index in [1.807, 2.05) is 36.6 Å². The summed E-state index contributed by atoms with van der Waals surface area (Å²) in [4.78, 5) is 32.4. The molecule has 7 heteroatoms. The van der Waals surface area contributed by atoms with Crippen LogP contribution in [0.25, 0.3) is 11.3 Å². The summed E-state index contributed by atoms with van der Waals surface area (Å²) < 4.78 is 5.51. The molecule has 31 heavy (non-hydrogen) atoms. The molecular formula is C24H25N3O3S. The molecule has 3 aromatic rings. The van der Waals surface area contributed by atoms with Gasteiger partial charge in [0, 0.05) is 49.0 Å². The molecule has 0 spiro atoms. The molecule has 2 heterocycles. The number of ketones is 1. The Hall–Kier alpha value is -2.90. The van der Waals surface area contributed by atoms with E-state index in [1.54, 1.807) is 6.20 Å². The van der Waals surface area contributed by atoms with E-state index >= 15 is 0 Å². The summed E-state index contributed by atoms with van der Waals surface area (Å²) >= 11 is 1.33. The summed E-state index contributed by atoms with van der Waals surface area (Å²) in [6.07, 6.45) is 5.46. The van der Waals surface area contributed by atoms with Crippen molar-refractivity contribution < 1.29 is 13.8 Å². The van der Waals surface area contributed by atoms with Crippen LogP contribution in [0.5, 0.6) is 0 Å². The molecule has 2 N–H and O–H groups in total. The van der Waals surface area contributed by atoms with Crippen LogP contribution in [0.4, 0.5) is 5.82 Å². The Morgan fingerprint density at radius 3 is 2.81 bits per heavy atom. The largest absolute Gasteiger partial charge is 0.358 e. The summed E-state index contributed by atoms with van der Waals surface area (Å²) in [7, 11) is 0. The summed E-state index contributed by atoms with van der Waals surface area (Å²) in [6, 6.07) is 13.9. The molecule has 1 amide bonds. The minimum Gasteiger partial charge on any atom is -0.358 e. The van der Waals surface area contributed by atoms with Crippen LogP contribution in [0.1, 0.15) is 40.5 Å². The maximum Gasteiger partial charge on any atom is 0.222 e. The quantitative estimate of drug-likeness (QED) is 0.527. The van der Waals surface area contributed by atoms with E-state index in [1.165, 1.54) is 19.0 Å². The average molecular weight is 436 g/mol. The van der Waals surface area contributed by atoms with Gasteiger partial charge in [-0.3, -0.25) is 9.59 Å². The zero-order chi connectivity index (χ0) is 21.8. The summed E-state index contributed by atoms with van der Waals surface area (Å²) in [5, 5.41) is 2.74. The Kier molecular flexibility index (Phi) is 6.53. The Morgan fingerprint density at radius 1 is 1.26 bits per heavy atom. The highest BCUT2D eigenvalue weighted by atomic mass is 32.2. The minimum atomic E-state index is -0.174. The van der Waals surface area contributed by atoms with E-state index < -0.39 is 0 Å². The number of Topliss-reactive ketones (excluding diaryl/α,β-unsaturated/α-hetero) is 1. The molecule has 0 fully saturated rings. The lowest BCUT2D eigenvalue weighted by atomic mass is 9.84. The molecule has 0 saturated heterocycles. The van der Waals surface area contributed by atoms with Crippen LogP contribution in [0.2, 0.25) is 0 Å². The molecule has 6 nitrogen and oxygen atoms in total. The van der Waals surface area contributed by atoms with Crippen molar-refractivity contribution in [3.63, 3.8) is 0 Å². The van der Waals surface area contributed by atoms with Crippen LogP contribution in [0.3, 0.4) is 0 Å². The SMILES string of the molecule is CSOCC1CC(=O)c2c([nH]c(-c3ccnc(NC(C)=O)c3)c2Cc2ccccc2)C1. The van der Waals surface area contributed by atoms with Gasteiger partial charge in [0.15, 0.2) is 5.78 Å². The molecule has 1 atom stereocenters. The van der Waals surface area contributed by atoms with Gasteiger partial charge in [-0.1, -0.05) is 30.3 Å². The molecule has 160 valence electrons. The number of aromatic nitrogens is 2. The van der Waals surface area contributed by atoms with Crippen molar-refractivity contribution >= 4 is 29.6 Å². The number of hydrogen-bond acceptors (Lipinski definition) is 5. The first-order chi connectivity index (χ1) is 15.0. The summed E-state index contributed by atoms with van der Waals surface area (Å²) in [6.45, 7) is 2.01. The number of carbonyl (C=O) groups excluding carboxylic acids is 2. The third-order valence-corrected chi connectivity index (χ3v) is 5.80. The van der Waals surface area contributed by atoms with Gasteiger partial charge in [-0.05, 0) is 47.6 Å². The first kappa shape index (κ1) is 21.3. The lowest BCUT2D eigenvalue weighted by molar-refractivity contribution is -0.114. The topological polar surface area (TPSA) is 84.1 Å². The highest BCUT2D eigenvalue weighted by Crippen LogP contribution is 2.36. The van der Waals surface area contributed by atoms with E-state index in [0.29, 0.717) is 25.3 Å². The Bertz CT molecular complexity index is 1090. The van der Waals surface area contributed by atoms with Crippen LogP contribution >= 0.6 is 12.0 Å². The van der Waals surface area contributed by atoms with E-state index in [2.05, 4.69) is 27.4 Å². The van der Waals surface area contributed by atoms with Gasteiger partial charge in [-0.2, -0.15) is 0 Å². The number of H-pyrrole nitrogens is 1. The predicted molar refractivity (Wildman–Crippen MR) is 123 cm³/mol. The molecule has 2 aromatic heterocycles. The number of anilines is 1. The van der Waals surface area contributed by atoms with Crippen molar-refractivity contribution in [2.75, 3.05) is 18.2 Å². The molecule has 1 aromatic carbocycles. The Balaban J connectivity index is 1.77. The van der Waals surface area contributed by atoms with Gasteiger partial charge >= 0.3 is 0 Å². The smallest absolute Gasteiger partial charge is 0.222 e. The van der Waals surface area contributed by atoms with Crippen LogP contribution in [-0.2, 0) is 21.8 Å². The highest BCUT2D eigenvalue weighted by molar-refractivity contribution is 7.93. The van der Waals surface area contributed by atoms with Gasteiger partial charge < -0.3 is 14.5 Å². The average Bonchev–Trinajstić information content (AvgIpc) is 3.11. The minimum absolute atomic E-state index is 0.153. The standard InChI is InChI=1S/C24H25N3O3S/c1-15(28)26-22-13-18(8-9-25-22)24-19(10-16-6-4-3-5-7-16)23-20(27-24)11-17(12-21(23)29)14-30-31-2/h3-9,13,17,27H,10-12,14H2,1-2H3,(H,25,26,28). The number of pyridine rings is 1. The highest BCUT2D eigenvalue weighted by Gasteiger charge is 2.31. The number of amides is 1. The molecule has 0 aliphatic heterocycles. The first-order valence-electron chi connectivity index (χ1n) is 10.3. The number of nitrogens with one attached hydrogen (secondary N) is 2. The molecule has 1 aliphatic rings. The van der Waals surface area contributed by atoms with Crippen LogP contribution in [0, 0.1) is 5.92 Å². The molecule has 0 saturated carbocycles. The second-order valence-corrected chi connectivity index (χ2v) is 8.32. The third-order valence-electron chi connectivity index (χ3n) is 5.42. The number of aromatic amines is 1. The van der Waals surface area contributed by atoms with E-state index in [4.69, 9.17) is 4.18 Å². The summed E-state index contributed by atoms with van der Waals surface area (Å²) in [5.41, 5.74) is 5.70. The van der Waals surface area contributed by atoms with Crippen LogP contribution in [-0.4, -0.2) is 34.5 Å². The number of benzene rings is 1. The second kappa shape index (κ2) is 9.49. The van der Waals surface area contributed by atoms with Crippen molar-refractivity contribution in [2.45, 2.75) is 26.2 Å². The fourth-order valence-corrected chi connectivity index (χ4v) is 4.48. The lowest BCUT2D eigenvalue weighted by Gasteiger charge is -2.21. The second-order valence-electron chi connectivity index (χ2n) is 7.75. The van der Waals surface area contributed by atoms with Crippen molar-refractivity contribution in [3.05, 3.63) is 71.0 Å². The number of fused-ring (bicyclic) bond motifs is 1. The van der Waals surface area contributed by atoms with Gasteiger partial charge in [0.2, 0.25) is 5.91 Å². The zero-order valence-electron chi connectivity index (χ0n) is 17.6. The molecule has 1 unspecified atom stereocenters. The van der Waals surface area contributed by atoms with E-state index in [-0.39, 0.29) is 17.6 Å². The maximum absolute atomic E-state index is 13.2. The van der Waals surface area contributed by atoms with E-state index in [9.17, 15) is 9.59 Å². The van der Waals surface area contributed by atoms with Crippen molar-refractivity contribution in [1.29, 1.82) is 0 Å². The fraction of sp³-hybridized carbons (Fsp3) is 0.292.